The number of hydrogen-bond acceptors (Lipinski definition) is 15. The quantitative estimate of drug-likeness (QED) is 0.0177. The number of ether oxygens (including phenoxy) is 3. The van der Waals surface area contributed by atoms with E-state index in [1.54, 1.807) is 0 Å². The maximum absolute atomic E-state index is 12.8. The van der Waals surface area contributed by atoms with E-state index in [1.165, 1.54) is 89.3 Å². The van der Waals surface area contributed by atoms with Gasteiger partial charge < -0.3 is 39.9 Å². The van der Waals surface area contributed by atoms with Gasteiger partial charge in [0.05, 0.1) is 13.2 Å². The summed E-state index contributed by atoms with van der Waals surface area (Å²) in [7, 11) is -10.8. The van der Waals surface area contributed by atoms with Gasteiger partial charge in [-0.2, -0.15) is 9.29 Å². The van der Waals surface area contributed by atoms with Crippen LogP contribution in [0.4, 0.5) is 5.82 Å². The molecule has 2 rings (SSSR count). The Morgan fingerprint density at radius 2 is 1.18 bits per heavy atom. The second-order valence-corrected chi connectivity index (χ2v) is 20.4. The molecule has 0 aromatic carbocycles. The smallest absolute Gasteiger partial charge is 0.462 e. The molecule has 3 unspecified atom stereocenters. The van der Waals surface area contributed by atoms with Gasteiger partial charge >= 0.3 is 33.3 Å². The molecule has 0 amide bonds. The minimum atomic E-state index is -5.42. The molecular formula is C46H83N3O15P2. The number of phosphoric ester groups is 2. The highest BCUT2D eigenvalue weighted by Crippen LogP contribution is 2.60. The molecule has 1 aliphatic heterocycles. The first-order valence-corrected chi connectivity index (χ1v) is 27.7. The van der Waals surface area contributed by atoms with Gasteiger partial charge in [0.1, 0.15) is 30.7 Å². The van der Waals surface area contributed by atoms with Crippen molar-refractivity contribution in [3.8, 4) is 0 Å². The number of nitrogens with zero attached hydrogens (tertiary/aromatic N) is 2. The van der Waals surface area contributed by atoms with Crippen molar-refractivity contribution in [2.45, 2.75) is 224 Å². The van der Waals surface area contributed by atoms with Gasteiger partial charge in [-0.05, 0) is 44.6 Å². The molecule has 2 heterocycles. The van der Waals surface area contributed by atoms with Crippen LogP contribution in [0, 0.1) is 0 Å². The van der Waals surface area contributed by atoms with Gasteiger partial charge in [-0.3, -0.25) is 23.2 Å². The molecule has 0 bridgehead atoms. The Hall–Kier alpha value is -2.50. The number of carbonyl (C=O) groups excluding carboxylic acids is 2. The molecular weight excluding hydrogens is 896 g/mol. The van der Waals surface area contributed by atoms with Crippen molar-refractivity contribution in [3.05, 3.63) is 34.9 Å². The highest BCUT2D eigenvalue weighted by Gasteiger charge is 2.46. The molecule has 0 radical (unpaired) electrons. The van der Waals surface area contributed by atoms with Crippen molar-refractivity contribution in [2.75, 3.05) is 25.6 Å². The molecule has 382 valence electrons. The standard InChI is InChI=1S/C46H83N3O15P2/c1-3-5-7-9-11-13-15-17-18-20-22-24-26-28-30-32-42(51)62-38(35-59-41(50)31-29-27-25-23-21-19-16-14-12-10-8-6-4-2)36-60-65(55,56)64-66(57,58)61-37-39-43(52)44(53)45(63-39)49-34-33-40(47)48-46(49)54/h13,15,33-34,38-39,43-45,52-53H,3-12,14,16-32,35-37H2,1-2H3,(H,55,56)(H,57,58)(H2,47,48,54)/t38-,39-,43?,44+,45-/m1/s1. The fraction of sp³-hybridized carbons (Fsp3) is 0.826. The van der Waals surface area contributed by atoms with Crippen molar-refractivity contribution in [2.24, 2.45) is 0 Å². The summed E-state index contributed by atoms with van der Waals surface area (Å²) < 4.78 is 56.7. The minimum Gasteiger partial charge on any atom is -0.462 e. The molecule has 1 aliphatic rings. The summed E-state index contributed by atoms with van der Waals surface area (Å²) in [5, 5.41) is 20.9. The molecule has 20 heteroatoms. The molecule has 1 saturated heterocycles. The molecule has 0 spiro atoms. The van der Waals surface area contributed by atoms with Gasteiger partial charge in [0, 0.05) is 19.0 Å². The highest BCUT2D eigenvalue weighted by atomic mass is 31.3. The fourth-order valence-corrected chi connectivity index (χ4v) is 9.60. The number of nitrogens with two attached hydrogens (primary N) is 1. The van der Waals surface area contributed by atoms with Crippen LogP contribution in [-0.4, -0.2) is 85.7 Å². The van der Waals surface area contributed by atoms with Crippen molar-refractivity contribution < 1.29 is 66.3 Å². The van der Waals surface area contributed by atoms with Crippen LogP contribution in [0.25, 0.3) is 0 Å². The Morgan fingerprint density at radius 1 is 0.712 bits per heavy atom. The first-order valence-electron chi connectivity index (χ1n) is 24.7. The third-order valence-corrected chi connectivity index (χ3v) is 14.0. The average molecular weight is 980 g/mol. The Labute approximate surface area is 392 Å². The number of nitrogen functional groups attached to an aromatic ring is 1. The Balaban J connectivity index is 1.81. The van der Waals surface area contributed by atoms with E-state index in [2.05, 4.69) is 35.3 Å². The lowest BCUT2D eigenvalue weighted by molar-refractivity contribution is -0.161. The van der Waals surface area contributed by atoms with E-state index in [0.29, 0.717) is 12.8 Å². The van der Waals surface area contributed by atoms with E-state index in [1.807, 2.05) is 0 Å². The van der Waals surface area contributed by atoms with E-state index in [9.17, 15) is 43.5 Å². The first-order chi connectivity index (χ1) is 31.7. The van der Waals surface area contributed by atoms with Gasteiger partial charge in [-0.1, -0.05) is 154 Å². The van der Waals surface area contributed by atoms with Gasteiger partial charge in [0.2, 0.25) is 0 Å². The molecule has 1 aromatic rings. The molecule has 1 aromatic heterocycles. The number of aliphatic hydroxyl groups excluding tert-OH is 2. The molecule has 7 atom stereocenters. The maximum atomic E-state index is 12.8. The average Bonchev–Trinajstić information content (AvgIpc) is 3.55. The second-order valence-electron chi connectivity index (χ2n) is 17.3. The molecule has 1 fully saturated rings. The van der Waals surface area contributed by atoms with Crippen LogP contribution in [0.15, 0.2) is 29.2 Å². The summed E-state index contributed by atoms with van der Waals surface area (Å²) in [5.41, 5.74) is 4.59. The lowest BCUT2D eigenvalue weighted by Gasteiger charge is -2.21. The van der Waals surface area contributed by atoms with Gasteiger partial charge in [-0.15, -0.1) is 0 Å². The Kier molecular flexibility index (Phi) is 32.2. The molecule has 18 nitrogen and oxygen atoms in total. The van der Waals surface area contributed by atoms with Crippen molar-refractivity contribution in [1.82, 2.24) is 9.55 Å². The van der Waals surface area contributed by atoms with Gasteiger partial charge in [-0.25, -0.2) is 13.9 Å². The van der Waals surface area contributed by atoms with E-state index in [0.717, 1.165) is 81.6 Å². The number of hydrogen-bond donors (Lipinski definition) is 5. The first kappa shape index (κ1) is 59.6. The summed E-state index contributed by atoms with van der Waals surface area (Å²) in [6, 6.07) is 1.25. The lowest BCUT2D eigenvalue weighted by Crippen LogP contribution is -2.36. The predicted octanol–water partition coefficient (Wildman–Crippen LogP) is 9.67. The van der Waals surface area contributed by atoms with Crippen molar-refractivity contribution in [1.29, 1.82) is 0 Å². The van der Waals surface area contributed by atoms with Crippen LogP contribution in [0.2, 0.25) is 0 Å². The predicted molar refractivity (Wildman–Crippen MR) is 252 cm³/mol. The fourth-order valence-electron chi connectivity index (χ4n) is 7.48. The Bertz CT molecular complexity index is 1650. The number of aliphatic hydroxyl groups is 2. The zero-order chi connectivity index (χ0) is 48.5. The highest BCUT2D eigenvalue weighted by molar-refractivity contribution is 7.61. The molecule has 0 saturated carbocycles. The zero-order valence-corrected chi connectivity index (χ0v) is 41.6. The summed E-state index contributed by atoms with van der Waals surface area (Å²) in [4.78, 5) is 61.8. The molecule has 0 aliphatic carbocycles. The number of carbonyl (C=O) groups is 2. The Morgan fingerprint density at radius 3 is 1.71 bits per heavy atom. The number of allylic oxidation sites excluding steroid dienone is 2. The van der Waals surface area contributed by atoms with Crippen LogP contribution in [0.3, 0.4) is 0 Å². The zero-order valence-electron chi connectivity index (χ0n) is 39.8. The third kappa shape index (κ3) is 28.1. The van der Waals surface area contributed by atoms with E-state index in [4.69, 9.17) is 29.0 Å². The number of unbranched alkanes of at least 4 members (excludes halogenated alkanes) is 23. The molecule has 66 heavy (non-hydrogen) atoms. The number of aromatic nitrogens is 2. The number of phosphoric acid groups is 2. The van der Waals surface area contributed by atoms with Crippen LogP contribution < -0.4 is 11.4 Å². The number of rotatable bonds is 41. The largest absolute Gasteiger partial charge is 0.481 e. The topological polar surface area (TPSA) is 265 Å². The lowest BCUT2D eigenvalue weighted by atomic mass is 10.0. The minimum absolute atomic E-state index is 0.0492. The molecule has 6 N–H and O–H groups in total. The van der Waals surface area contributed by atoms with E-state index < -0.39 is 83.7 Å². The van der Waals surface area contributed by atoms with Crippen LogP contribution in [-0.2, 0) is 46.3 Å². The van der Waals surface area contributed by atoms with Crippen LogP contribution >= 0.6 is 15.6 Å². The maximum Gasteiger partial charge on any atom is 0.481 e. The monoisotopic (exact) mass is 980 g/mol. The van der Waals surface area contributed by atoms with Crippen LogP contribution in [0.1, 0.15) is 200 Å². The normalized spacial score (nSPS) is 19.7. The third-order valence-electron chi connectivity index (χ3n) is 11.4. The summed E-state index contributed by atoms with van der Waals surface area (Å²) in [6.07, 6.45) is 27.2. The van der Waals surface area contributed by atoms with E-state index in [-0.39, 0.29) is 18.7 Å². The van der Waals surface area contributed by atoms with Crippen molar-refractivity contribution in [3.63, 3.8) is 0 Å². The van der Waals surface area contributed by atoms with E-state index >= 15 is 0 Å². The second kappa shape index (κ2) is 35.6. The van der Waals surface area contributed by atoms with Crippen molar-refractivity contribution >= 4 is 33.4 Å². The number of anilines is 1. The van der Waals surface area contributed by atoms with Gasteiger partial charge in [0.25, 0.3) is 0 Å². The summed E-state index contributed by atoms with van der Waals surface area (Å²) >= 11 is 0. The SMILES string of the molecule is CCCCCCC=CCCCCCCCCCC(=O)O[C@H](COC(=O)CCCCCCCCCCCCCCC)COP(=O)(O)OP(=O)(O)OC[C@H]1O[C@@H](n2ccc(N)nc2=O)[C@@H](O)C1O. The summed E-state index contributed by atoms with van der Waals surface area (Å²) in [6.45, 7) is 2.15. The summed E-state index contributed by atoms with van der Waals surface area (Å²) in [5.74, 6) is -1.29. The van der Waals surface area contributed by atoms with Crippen LogP contribution in [0.5, 0.6) is 0 Å². The van der Waals surface area contributed by atoms with Gasteiger partial charge in [0.15, 0.2) is 12.3 Å². The number of esters is 2.